The minimum atomic E-state index is -5.06. The van der Waals surface area contributed by atoms with Gasteiger partial charge in [0.05, 0.1) is 19.8 Å². The van der Waals surface area contributed by atoms with Crippen LogP contribution in [-0.4, -0.2) is 97.5 Å². The SMILES string of the molecule is CCCC/C=C\CCCCCCCCOCC(COC1OC(CO)C(O)C(OS(=O)(=O)O)C1O)OC(=O)CCCCCCCCCCCCCCCCCC. The van der Waals surface area contributed by atoms with E-state index in [9.17, 15) is 28.5 Å². The monoisotopic (exact) mass is 809 g/mol. The fraction of sp³-hybridized carbons (Fsp3) is 0.929. The summed E-state index contributed by atoms with van der Waals surface area (Å²) in [7, 11) is -5.06. The summed E-state index contributed by atoms with van der Waals surface area (Å²) in [6.07, 6.45) is 26.7. The minimum absolute atomic E-state index is 0.0366. The van der Waals surface area contributed by atoms with Gasteiger partial charge in [-0.1, -0.05) is 161 Å². The van der Waals surface area contributed by atoms with E-state index in [1.54, 1.807) is 0 Å². The molecule has 0 amide bonds. The molecule has 1 fully saturated rings. The van der Waals surface area contributed by atoms with Crippen molar-refractivity contribution in [3.05, 3.63) is 12.2 Å². The summed E-state index contributed by atoms with van der Waals surface area (Å²) in [4.78, 5) is 12.8. The van der Waals surface area contributed by atoms with Crippen molar-refractivity contribution in [2.45, 2.75) is 224 Å². The van der Waals surface area contributed by atoms with E-state index in [1.165, 1.54) is 116 Å². The number of esters is 1. The number of hydrogen-bond donors (Lipinski definition) is 4. The van der Waals surface area contributed by atoms with Crippen LogP contribution < -0.4 is 0 Å². The summed E-state index contributed by atoms with van der Waals surface area (Å²) < 4.78 is 58.9. The molecule has 1 aliphatic heterocycles. The molecule has 326 valence electrons. The van der Waals surface area contributed by atoms with E-state index in [1.807, 2.05) is 0 Å². The molecule has 0 aliphatic carbocycles. The van der Waals surface area contributed by atoms with Crippen molar-refractivity contribution >= 4 is 16.4 Å². The average molecular weight is 809 g/mol. The number of unbranched alkanes of at least 4 members (excludes halogenated alkanes) is 23. The van der Waals surface area contributed by atoms with Crippen LogP contribution in [0.3, 0.4) is 0 Å². The Kier molecular flexibility index (Phi) is 32.9. The maximum absolute atomic E-state index is 12.8. The molecule has 0 spiro atoms. The highest BCUT2D eigenvalue weighted by Gasteiger charge is 2.48. The van der Waals surface area contributed by atoms with E-state index >= 15 is 0 Å². The van der Waals surface area contributed by atoms with Gasteiger partial charge in [0.2, 0.25) is 0 Å². The topological polar surface area (TPSA) is 178 Å². The first-order chi connectivity index (χ1) is 26.6. The number of hydrogen-bond acceptors (Lipinski definition) is 11. The molecule has 0 bridgehead atoms. The quantitative estimate of drug-likeness (QED) is 0.0202. The summed E-state index contributed by atoms with van der Waals surface area (Å²) in [5.74, 6) is -0.399. The third-order valence-electron chi connectivity index (χ3n) is 10.1. The van der Waals surface area contributed by atoms with Gasteiger partial charge in [-0.25, -0.2) is 4.18 Å². The summed E-state index contributed by atoms with van der Waals surface area (Å²) in [5.41, 5.74) is 0. The normalized spacial score (nSPS) is 21.0. The van der Waals surface area contributed by atoms with E-state index in [-0.39, 0.29) is 19.6 Å². The lowest BCUT2D eigenvalue weighted by Crippen LogP contribution is -2.60. The third kappa shape index (κ3) is 28.8. The van der Waals surface area contributed by atoms with Crippen LogP contribution in [0, 0.1) is 0 Å². The van der Waals surface area contributed by atoms with Crippen molar-refractivity contribution in [2.24, 2.45) is 0 Å². The van der Waals surface area contributed by atoms with Crippen molar-refractivity contribution in [3.8, 4) is 0 Å². The van der Waals surface area contributed by atoms with Gasteiger partial charge in [-0.05, 0) is 32.1 Å². The second kappa shape index (κ2) is 34.8. The van der Waals surface area contributed by atoms with Crippen LogP contribution in [0.4, 0.5) is 0 Å². The second-order valence-corrected chi connectivity index (χ2v) is 16.3. The lowest BCUT2D eigenvalue weighted by Gasteiger charge is -2.41. The molecule has 1 rings (SSSR count). The molecule has 13 heteroatoms. The van der Waals surface area contributed by atoms with Crippen molar-refractivity contribution in [3.63, 3.8) is 0 Å². The molecular weight excluding hydrogens is 729 g/mol. The number of allylic oxidation sites excluding steroid dienone is 2. The van der Waals surface area contributed by atoms with Crippen LogP contribution in [0.1, 0.15) is 187 Å². The Hall–Kier alpha value is -1.16. The average Bonchev–Trinajstić information content (AvgIpc) is 3.15. The van der Waals surface area contributed by atoms with E-state index in [2.05, 4.69) is 30.2 Å². The predicted molar refractivity (Wildman–Crippen MR) is 216 cm³/mol. The highest BCUT2D eigenvalue weighted by molar-refractivity contribution is 7.80. The van der Waals surface area contributed by atoms with Gasteiger partial charge in [-0.2, -0.15) is 8.42 Å². The predicted octanol–water partition coefficient (Wildman–Crippen LogP) is 8.69. The standard InChI is InChI=1S/C42H80O12S/c1-3-5-7-9-11-13-15-17-18-19-20-21-23-25-27-29-31-38(44)52-36(34-50-32-30-28-26-24-22-16-14-12-10-8-6-4-2)35-51-42-40(46)41(54-55(47,48)49)39(45)37(33-43)53-42/h10,12,36-37,39-43,45-46H,3-9,11,13-35H2,1-2H3,(H,47,48,49)/b12-10-. The molecule has 55 heavy (non-hydrogen) atoms. The first-order valence-electron chi connectivity index (χ1n) is 21.9. The number of carbonyl (C=O) groups excluding carboxylic acids is 1. The maximum Gasteiger partial charge on any atom is 0.397 e. The van der Waals surface area contributed by atoms with Crippen LogP contribution in [-0.2, 0) is 38.3 Å². The molecule has 4 N–H and O–H groups in total. The molecule has 0 saturated carbocycles. The van der Waals surface area contributed by atoms with Crippen molar-refractivity contribution in [2.75, 3.05) is 26.4 Å². The van der Waals surface area contributed by atoms with Gasteiger partial charge in [0.25, 0.3) is 0 Å². The Balaban J connectivity index is 2.43. The first-order valence-corrected chi connectivity index (χ1v) is 23.3. The zero-order chi connectivity index (χ0) is 40.4. The molecule has 0 aromatic heterocycles. The molecule has 0 radical (unpaired) electrons. The van der Waals surface area contributed by atoms with Gasteiger partial charge in [-0.15, -0.1) is 0 Å². The van der Waals surface area contributed by atoms with Gasteiger partial charge in [0, 0.05) is 13.0 Å². The van der Waals surface area contributed by atoms with Gasteiger partial charge >= 0.3 is 16.4 Å². The first kappa shape index (κ1) is 51.9. The van der Waals surface area contributed by atoms with E-state index in [0.29, 0.717) is 13.0 Å². The number of aliphatic hydroxyl groups is 3. The molecule has 6 atom stereocenters. The summed E-state index contributed by atoms with van der Waals surface area (Å²) in [6, 6.07) is 0. The number of carbonyl (C=O) groups is 1. The van der Waals surface area contributed by atoms with Crippen LogP contribution in [0.5, 0.6) is 0 Å². The van der Waals surface area contributed by atoms with Crippen LogP contribution in [0.25, 0.3) is 0 Å². The number of ether oxygens (including phenoxy) is 4. The molecule has 12 nitrogen and oxygen atoms in total. The summed E-state index contributed by atoms with van der Waals surface area (Å²) in [5, 5.41) is 30.6. The third-order valence-corrected chi connectivity index (χ3v) is 10.6. The van der Waals surface area contributed by atoms with E-state index < -0.39 is 59.8 Å². The zero-order valence-electron chi connectivity index (χ0n) is 34.5. The molecule has 1 saturated heterocycles. The highest BCUT2D eigenvalue weighted by atomic mass is 32.3. The summed E-state index contributed by atoms with van der Waals surface area (Å²) in [6.45, 7) is 3.95. The lowest BCUT2D eigenvalue weighted by molar-refractivity contribution is -0.301. The van der Waals surface area contributed by atoms with E-state index in [4.69, 9.17) is 23.5 Å². The zero-order valence-corrected chi connectivity index (χ0v) is 35.3. The van der Waals surface area contributed by atoms with Crippen molar-refractivity contribution in [1.29, 1.82) is 0 Å². The Morgan fingerprint density at radius 1 is 0.673 bits per heavy atom. The van der Waals surface area contributed by atoms with Crippen molar-refractivity contribution < 1.29 is 56.2 Å². The Labute approximate surface area is 334 Å². The van der Waals surface area contributed by atoms with Gasteiger partial charge in [0.1, 0.15) is 30.5 Å². The number of aliphatic hydroxyl groups excluding tert-OH is 3. The summed E-state index contributed by atoms with van der Waals surface area (Å²) >= 11 is 0. The van der Waals surface area contributed by atoms with E-state index in [0.717, 1.165) is 44.9 Å². The highest BCUT2D eigenvalue weighted by Crippen LogP contribution is 2.26. The smallest absolute Gasteiger partial charge is 0.397 e. The molecule has 1 aliphatic rings. The molecule has 0 aromatic carbocycles. The molecular formula is C42H80O12S. The van der Waals surface area contributed by atoms with Crippen LogP contribution in [0.15, 0.2) is 12.2 Å². The Morgan fingerprint density at radius 3 is 1.69 bits per heavy atom. The van der Waals surface area contributed by atoms with Gasteiger partial charge < -0.3 is 34.3 Å². The van der Waals surface area contributed by atoms with Gasteiger partial charge in [0.15, 0.2) is 6.29 Å². The molecule has 6 unspecified atom stereocenters. The van der Waals surface area contributed by atoms with Crippen molar-refractivity contribution in [1.82, 2.24) is 0 Å². The maximum atomic E-state index is 12.8. The van der Waals surface area contributed by atoms with Crippen LogP contribution in [0.2, 0.25) is 0 Å². The Morgan fingerprint density at radius 2 is 1.16 bits per heavy atom. The number of rotatable bonds is 38. The minimum Gasteiger partial charge on any atom is -0.457 e. The van der Waals surface area contributed by atoms with Crippen LogP contribution >= 0.6 is 0 Å². The fourth-order valence-corrected chi connectivity index (χ4v) is 7.28. The van der Waals surface area contributed by atoms with Gasteiger partial charge in [-0.3, -0.25) is 9.35 Å². The second-order valence-electron chi connectivity index (χ2n) is 15.3. The lowest BCUT2D eigenvalue weighted by atomic mass is 9.99. The molecule has 1 heterocycles. The largest absolute Gasteiger partial charge is 0.457 e. The molecule has 0 aromatic rings. The Bertz CT molecular complexity index is 1030. The fourth-order valence-electron chi connectivity index (χ4n) is 6.77.